The molecule has 1 rings (SSSR count). The lowest BCUT2D eigenvalue weighted by Gasteiger charge is -2.23. The van der Waals surface area contributed by atoms with Crippen molar-refractivity contribution in [3.63, 3.8) is 0 Å². The molecule has 0 aliphatic heterocycles. The molecule has 1 atom stereocenters. The van der Waals surface area contributed by atoms with Crippen LogP contribution in [-0.2, 0) is 19.6 Å². The van der Waals surface area contributed by atoms with Crippen molar-refractivity contribution < 1.29 is 22.7 Å². The van der Waals surface area contributed by atoms with E-state index in [-0.39, 0.29) is 21.8 Å². The number of carbonyl (C=O) groups excluding carboxylic acids is 2. The van der Waals surface area contributed by atoms with E-state index in [1.54, 1.807) is 31.2 Å². The number of hydrogen-bond acceptors (Lipinski definition) is 6. The Kier molecular flexibility index (Phi) is 12.2. The Labute approximate surface area is 167 Å². The molecule has 0 N–H and O–H groups in total. The molecular formula is C19H31NO5S2. The summed E-state index contributed by atoms with van der Waals surface area (Å²) in [5.74, 6) is 1.27. The fourth-order valence-electron chi connectivity index (χ4n) is 1.79. The number of hydrogen-bond donors (Lipinski definition) is 0. The molecule has 154 valence electrons. The Morgan fingerprint density at radius 3 is 2.11 bits per heavy atom. The second-order valence-electron chi connectivity index (χ2n) is 6.25. The maximum Gasteiger partial charge on any atom is 0.243 e. The van der Waals surface area contributed by atoms with E-state index in [4.69, 9.17) is 4.74 Å². The van der Waals surface area contributed by atoms with Crippen LogP contribution in [0.15, 0.2) is 29.2 Å². The van der Waals surface area contributed by atoms with E-state index in [1.807, 2.05) is 0 Å². The van der Waals surface area contributed by atoms with Crippen molar-refractivity contribution in [2.45, 2.75) is 58.4 Å². The quantitative estimate of drug-likeness (QED) is 0.569. The highest BCUT2D eigenvalue weighted by Gasteiger charge is 2.25. The van der Waals surface area contributed by atoms with Crippen molar-refractivity contribution in [2.24, 2.45) is 0 Å². The van der Waals surface area contributed by atoms with Gasteiger partial charge in [0.05, 0.1) is 11.5 Å². The Hall–Kier alpha value is -1.38. The molecule has 0 heterocycles. The monoisotopic (exact) mass is 417 g/mol. The molecule has 0 saturated carbocycles. The van der Waals surface area contributed by atoms with Gasteiger partial charge in [0.15, 0.2) is 5.12 Å². The average Bonchev–Trinajstić information content (AvgIpc) is 2.59. The average molecular weight is 418 g/mol. The van der Waals surface area contributed by atoms with E-state index in [0.717, 1.165) is 24.6 Å². The van der Waals surface area contributed by atoms with E-state index < -0.39 is 10.0 Å². The normalized spacial score (nSPS) is 12.1. The van der Waals surface area contributed by atoms with Gasteiger partial charge in [-0.3, -0.25) is 4.79 Å². The molecule has 6 nitrogen and oxygen atoms in total. The molecule has 27 heavy (non-hydrogen) atoms. The van der Waals surface area contributed by atoms with Gasteiger partial charge in [-0.2, -0.15) is 4.31 Å². The molecular weight excluding hydrogens is 386 g/mol. The predicted molar refractivity (Wildman–Crippen MR) is 111 cm³/mol. The second kappa shape index (κ2) is 12.9. The highest BCUT2D eigenvalue weighted by atomic mass is 32.2. The number of rotatable bonds is 9. The predicted octanol–water partition coefficient (Wildman–Crippen LogP) is 3.75. The summed E-state index contributed by atoms with van der Waals surface area (Å²) < 4.78 is 32.0. The highest BCUT2D eigenvalue weighted by molar-refractivity contribution is 8.13. The Morgan fingerprint density at radius 1 is 1.15 bits per heavy atom. The Bertz CT molecular complexity index is 683. The van der Waals surface area contributed by atoms with Gasteiger partial charge in [-0.25, -0.2) is 8.42 Å². The number of Topliss-reactive ketones (excluding diaryl/α,β-unsaturated/α-hetero) is 1. The van der Waals surface area contributed by atoms with Crippen LogP contribution in [0.2, 0.25) is 0 Å². The number of carbonyl (C=O) groups is 2. The summed E-state index contributed by atoms with van der Waals surface area (Å²) in [6, 6.07) is 6.18. The van der Waals surface area contributed by atoms with Crippen LogP contribution in [0.5, 0.6) is 5.75 Å². The van der Waals surface area contributed by atoms with Crippen molar-refractivity contribution in [1.82, 2.24) is 4.31 Å². The second-order valence-corrected chi connectivity index (χ2v) is 9.45. The Morgan fingerprint density at radius 2 is 1.67 bits per heavy atom. The molecule has 0 bridgehead atoms. The molecule has 0 fully saturated rings. The summed E-state index contributed by atoms with van der Waals surface area (Å²) in [7, 11) is -2.04. The maximum absolute atomic E-state index is 12.6. The van der Waals surface area contributed by atoms with Gasteiger partial charge in [0.2, 0.25) is 10.0 Å². The minimum atomic E-state index is -3.57. The number of sulfonamides is 1. The smallest absolute Gasteiger partial charge is 0.243 e. The largest absolute Gasteiger partial charge is 0.494 e. The molecule has 0 spiro atoms. The standard InChI is InChI=1S/C16H25NO4S2.C3H6O/c1-5-6-11-21-15-7-9-16(10-8-15)23(19,20)17(4)13(2)12-22-14(3)18;1-3(2)4/h7-10,13H,5-6,11-12H2,1-4H3;1-2H3/t13-;/m0./s1. The van der Waals surface area contributed by atoms with Gasteiger partial charge in [0.25, 0.3) is 0 Å². The summed E-state index contributed by atoms with van der Waals surface area (Å²) in [4.78, 5) is 20.7. The van der Waals surface area contributed by atoms with Crippen molar-refractivity contribution in [3.8, 4) is 5.75 Å². The van der Waals surface area contributed by atoms with Crippen LogP contribution in [0.25, 0.3) is 0 Å². The fraction of sp³-hybridized carbons (Fsp3) is 0.579. The van der Waals surface area contributed by atoms with Gasteiger partial charge in [0, 0.05) is 25.8 Å². The van der Waals surface area contributed by atoms with E-state index in [1.165, 1.54) is 32.1 Å². The van der Waals surface area contributed by atoms with E-state index in [9.17, 15) is 18.0 Å². The third-order valence-corrected chi connectivity index (χ3v) is 6.46. The summed E-state index contributed by atoms with van der Waals surface area (Å²) in [6.45, 7) is 9.03. The number of unbranched alkanes of at least 4 members (excludes halogenated alkanes) is 1. The van der Waals surface area contributed by atoms with Crippen LogP contribution < -0.4 is 4.74 Å². The van der Waals surface area contributed by atoms with Gasteiger partial charge >= 0.3 is 0 Å². The van der Waals surface area contributed by atoms with Crippen molar-refractivity contribution in [1.29, 1.82) is 0 Å². The first-order chi connectivity index (χ1) is 12.5. The molecule has 0 aliphatic rings. The molecule has 0 aliphatic carbocycles. The van der Waals surface area contributed by atoms with Crippen LogP contribution >= 0.6 is 11.8 Å². The van der Waals surface area contributed by atoms with Gasteiger partial charge in [-0.05, 0) is 51.5 Å². The van der Waals surface area contributed by atoms with Crippen LogP contribution in [0, 0.1) is 0 Å². The van der Waals surface area contributed by atoms with Gasteiger partial charge in [-0.1, -0.05) is 25.1 Å². The Balaban J connectivity index is 0.00000153. The zero-order valence-corrected chi connectivity index (χ0v) is 18.7. The van der Waals surface area contributed by atoms with Gasteiger partial charge in [-0.15, -0.1) is 0 Å². The first kappa shape index (κ1) is 25.6. The number of ether oxygens (including phenoxy) is 1. The minimum Gasteiger partial charge on any atom is -0.494 e. The zero-order valence-electron chi connectivity index (χ0n) is 17.0. The highest BCUT2D eigenvalue weighted by Crippen LogP contribution is 2.21. The minimum absolute atomic E-state index is 0.0174. The lowest BCUT2D eigenvalue weighted by Crippen LogP contribution is -2.36. The van der Waals surface area contributed by atoms with Crippen molar-refractivity contribution in [2.75, 3.05) is 19.4 Å². The maximum atomic E-state index is 12.6. The molecule has 0 amide bonds. The number of nitrogens with zero attached hydrogens (tertiary/aromatic N) is 1. The van der Waals surface area contributed by atoms with Crippen LogP contribution in [-0.4, -0.2) is 49.1 Å². The summed E-state index contributed by atoms with van der Waals surface area (Å²) >= 11 is 1.13. The molecule has 0 aromatic heterocycles. The lowest BCUT2D eigenvalue weighted by molar-refractivity contribution is -0.115. The molecule has 0 radical (unpaired) electrons. The lowest BCUT2D eigenvalue weighted by atomic mass is 10.3. The summed E-state index contributed by atoms with van der Waals surface area (Å²) in [5.41, 5.74) is 0. The first-order valence-electron chi connectivity index (χ1n) is 8.83. The van der Waals surface area contributed by atoms with Crippen molar-refractivity contribution in [3.05, 3.63) is 24.3 Å². The summed E-state index contributed by atoms with van der Waals surface area (Å²) in [5, 5.41) is -0.0174. The zero-order chi connectivity index (χ0) is 21.0. The first-order valence-corrected chi connectivity index (χ1v) is 11.3. The SMILES string of the molecule is CC(C)=O.CCCCOc1ccc(S(=O)(=O)N(C)[C@@H](C)CSC(C)=O)cc1. The third-order valence-electron chi connectivity index (χ3n) is 3.42. The number of ketones is 1. The van der Waals surface area contributed by atoms with Crippen LogP contribution in [0.1, 0.15) is 47.5 Å². The topological polar surface area (TPSA) is 80.8 Å². The van der Waals surface area contributed by atoms with Crippen molar-refractivity contribution >= 4 is 32.7 Å². The number of thioether (sulfide) groups is 1. The van der Waals surface area contributed by atoms with E-state index in [0.29, 0.717) is 18.1 Å². The van der Waals surface area contributed by atoms with E-state index >= 15 is 0 Å². The molecule has 1 aromatic rings. The van der Waals surface area contributed by atoms with Gasteiger partial charge in [0.1, 0.15) is 11.5 Å². The molecule has 8 heteroatoms. The number of benzene rings is 1. The molecule has 1 aromatic carbocycles. The van der Waals surface area contributed by atoms with Crippen LogP contribution in [0.3, 0.4) is 0 Å². The van der Waals surface area contributed by atoms with Crippen LogP contribution in [0.4, 0.5) is 0 Å². The molecule has 0 unspecified atom stereocenters. The van der Waals surface area contributed by atoms with Gasteiger partial charge < -0.3 is 9.53 Å². The summed E-state index contributed by atoms with van der Waals surface area (Å²) in [6.07, 6.45) is 2.02. The molecule has 0 saturated heterocycles. The third kappa shape index (κ3) is 10.5. The fourth-order valence-corrected chi connectivity index (χ4v) is 3.94. The van der Waals surface area contributed by atoms with E-state index in [2.05, 4.69) is 6.92 Å².